The van der Waals surface area contributed by atoms with Crippen molar-refractivity contribution in [2.75, 3.05) is 71.2 Å². The molecule has 0 amide bonds. The van der Waals surface area contributed by atoms with Crippen LogP contribution >= 0.6 is 15.2 Å². The first-order valence-electron chi connectivity index (χ1n) is 20.0. The number of carboxylic acids is 1. The van der Waals surface area contributed by atoms with Gasteiger partial charge < -0.3 is 42.1 Å². The Balaban J connectivity index is 1.18. The number of Topliss-reactive ketones (excluding diaryl/α,β-unsaturated/α-hetero) is 1. The van der Waals surface area contributed by atoms with Crippen LogP contribution in [-0.4, -0.2) is 104 Å². The van der Waals surface area contributed by atoms with Crippen LogP contribution in [0, 0.1) is 5.82 Å². The smallest absolute Gasteiger partial charge is 0.345 e. The maximum absolute atomic E-state index is 15.9. The summed E-state index contributed by atoms with van der Waals surface area (Å²) >= 11 is 0. The van der Waals surface area contributed by atoms with Crippen molar-refractivity contribution in [2.45, 2.75) is 84.2 Å². The number of hydrogen-bond acceptors (Lipinski definition) is 13. The van der Waals surface area contributed by atoms with Crippen LogP contribution in [0.3, 0.4) is 0 Å². The van der Waals surface area contributed by atoms with Gasteiger partial charge >= 0.3 is 21.2 Å². The van der Waals surface area contributed by atoms with Crippen molar-refractivity contribution in [3.8, 4) is 11.5 Å². The number of carbonyl (C=O) groups is 2. The van der Waals surface area contributed by atoms with E-state index in [0.717, 1.165) is 18.9 Å². The zero-order valence-corrected chi connectivity index (χ0v) is 35.9. The second kappa shape index (κ2) is 20.1. The molecular weight excluding hydrogens is 795 g/mol. The van der Waals surface area contributed by atoms with Crippen LogP contribution in [0.25, 0.3) is 10.9 Å². The highest BCUT2D eigenvalue weighted by molar-refractivity contribution is 7.72. The molecule has 0 radical (unpaired) electrons. The molecule has 58 heavy (non-hydrogen) atoms. The molecule has 320 valence electrons. The summed E-state index contributed by atoms with van der Waals surface area (Å²) in [6, 6.07) is 7.89. The molecule has 1 aromatic heterocycles. The number of aromatic carboxylic acids is 1. The summed E-state index contributed by atoms with van der Waals surface area (Å²) in [5.74, 6) is -1.34. The van der Waals surface area contributed by atoms with Gasteiger partial charge in [0.25, 0.3) is 0 Å². The number of piperazine rings is 1. The average molecular weight is 852 g/mol. The van der Waals surface area contributed by atoms with Gasteiger partial charge in [0.05, 0.1) is 51.0 Å². The third-order valence-electron chi connectivity index (χ3n) is 10.3. The van der Waals surface area contributed by atoms with Crippen molar-refractivity contribution in [1.29, 1.82) is 0 Å². The molecular formula is C40H56FN3O12P2. The van der Waals surface area contributed by atoms with Gasteiger partial charge in [-0.05, 0) is 90.6 Å². The molecule has 0 spiro atoms. The number of ether oxygens (including phenoxy) is 2. The van der Waals surface area contributed by atoms with E-state index in [9.17, 15) is 28.6 Å². The second-order valence-corrected chi connectivity index (χ2v) is 19.0. The number of carboxylic acid groups (broad SMARTS) is 1. The molecule has 18 heteroatoms. The fourth-order valence-corrected chi connectivity index (χ4v) is 12.9. The summed E-state index contributed by atoms with van der Waals surface area (Å²) in [6.07, 6.45) is 3.72. The normalized spacial score (nSPS) is 16.6. The number of pyridine rings is 1. The topological polar surface area (TPSA) is 172 Å². The second-order valence-electron chi connectivity index (χ2n) is 14.2. The van der Waals surface area contributed by atoms with Gasteiger partial charge in [0.15, 0.2) is 22.8 Å². The minimum atomic E-state index is -3.86. The van der Waals surface area contributed by atoms with E-state index < -0.39 is 43.4 Å². The van der Waals surface area contributed by atoms with Gasteiger partial charge in [-0.2, -0.15) is 0 Å². The Labute approximate surface area is 338 Å². The first-order valence-corrected chi connectivity index (χ1v) is 23.2. The number of anilines is 1. The quantitative estimate of drug-likeness (QED) is 0.0553. The Kier molecular flexibility index (Phi) is 15.7. The van der Waals surface area contributed by atoms with Crippen LogP contribution in [0.15, 0.2) is 41.3 Å². The Morgan fingerprint density at radius 2 is 1.55 bits per heavy atom. The first-order chi connectivity index (χ1) is 27.7. The van der Waals surface area contributed by atoms with Crippen LogP contribution < -0.4 is 19.8 Å². The van der Waals surface area contributed by atoms with Gasteiger partial charge in [-0.1, -0.05) is 0 Å². The molecule has 2 heterocycles. The van der Waals surface area contributed by atoms with Gasteiger partial charge in [-0.15, -0.1) is 0 Å². The third-order valence-corrected chi connectivity index (χ3v) is 16.4. The number of hydrogen-bond donors (Lipinski definition) is 1. The molecule has 1 saturated heterocycles. The largest absolute Gasteiger partial charge is 0.494 e. The third kappa shape index (κ3) is 10.2. The number of ketones is 1. The van der Waals surface area contributed by atoms with Crippen LogP contribution in [0.4, 0.5) is 10.1 Å². The number of aromatic nitrogens is 1. The van der Waals surface area contributed by atoms with E-state index in [1.54, 1.807) is 56.5 Å². The van der Waals surface area contributed by atoms with Crippen molar-refractivity contribution in [1.82, 2.24) is 9.47 Å². The number of benzene rings is 2. The number of fused-ring (bicyclic) bond motifs is 1. The van der Waals surface area contributed by atoms with E-state index in [1.807, 2.05) is 11.8 Å². The van der Waals surface area contributed by atoms with E-state index in [0.29, 0.717) is 49.4 Å². The molecule has 1 aliphatic heterocycles. The van der Waals surface area contributed by atoms with E-state index in [-0.39, 0.29) is 80.6 Å². The lowest BCUT2D eigenvalue weighted by Crippen LogP contribution is -2.52. The van der Waals surface area contributed by atoms with Crippen LogP contribution in [0.2, 0.25) is 0 Å². The zero-order chi connectivity index (χ0) is 42.2. The van der Waals surface area contributed by atoms with E-state index in [1.165, 1.54) is 13.3 Å². The number of rotatable bonds is 23. The van der Waals surface area contributed by atoms with Crippen molar-refractivity contribution < 1.29 is 55.8 Å². The SMILES string of the molecule is CCOP(=O)(OCC)C(CCCOc1ccc(C(=O)CCN2CCN(c3c(F)cc4c(=O)c(C(=O)O)cn(C5CC5)c4c3OC)CC2C)cc1)P(=O)(OCC)OCC. The molecule has 2 fully saturated rings. The first kappa shape index (κ1) is 45.5. The lowest BCUT2D eigenvalue weighted by atomic mass is 10.1. The molecule has 1 aliphatic carbocycles. The monoisotopic (exact) mass is 851 g/mol. The molecule has 15 nitrogen and oxygen atoms in total. The summed E-state index contributed by atoms with van der Waals surface area (Å²) in [6.45, 7) is 11.2. The van der Waals surface area contributed by atoms with Gasteiger partial charge in [0, 0.05) is 56.4 Å². The number of halogens is 1. The number of carbonyl (C=O) groups excluding carboxylic acids is 1. The fraction of sp³-hybridized carbons (Fsp3) is 0.575. The van der Waals surface area contributed by atoms with E-state index in [2.05, 4.69) is 4.90 Å². The van der Waals surface area contributed by atoms with Crippen LogP contribution in [0.1, 0.15) is 93.5 Å². The summed E-state index contributed by atoms with van der Waals surface area (Å²) in [7, 11) is -6.29. The van der Waals surface area contributed by atoms with Gasteiger partial charge in [-0.25, -0.2) is 9.18 Å². The predicted octanol–water partition coefficient (Wildman–Crippen LogP) is 7.98. The minimum absolute atomic E-state index is 0.00111. The van der Waals surface area contributed by atoms with E-state index >= 15 is 4.39 Å². The average Bonchev–Trinajstić information content (AvgIpc) is 4.03. The summed E-state index contributed by atoms with van der Waals surface area (Å²) in [4.78, 5) is 42.3. The molecule has 1 saturated carbocycles. The van der Waals surface area contributed by atoms with Crippen molar-refractivity contribution in [3.63, 3.8) is 0 Å². The fourth-order valence-electron chi connectivity index (χ4n) is 7.47. The highest BCUT2D eigenvalue weighted by Crippen LogP contribution is 2.71. The molecule has 1 N–H and O–H groups in total. The predicted molar refractivity (Wildman–Crippen MR) is 219 cm³/mol. The van der Waals surface area contributed by atoms with Crippen molar-refractivity contribution >= 4 is 43.5 Å². The Bertz CT molecular complexity index is 2030. The lowest BCUT2D eigenvalue weighted by Gasteiger charge is -2.41. The number of nitrogens with zero attached hydrogens (tertiary/aromatic N) is 3. The van der Waals surface area contributed by atoms with Gasteiger partial charge in [0.1, 0.15) is 17.0 Å². The Morgan fingerprint density at radius 1 is 0.948 bits per heavy atom. The highest BCUT2D eigenvalue weighted by Gasteiger charge is 2.50. The molecule has 1 atom stereocenters. The zero-order valence-electron chi connectivity index (χ0n) is 34.1. The van der Waals surface area contributed by atoms with Crippen molar-refractivity contribution in [3.05, 3.63) is 63.7 Å². The Morgan fingerprint density at radius 3 is 2.07 bits per heavy atom. The maximum Gasteiger partial charge on any atom is 0.345 e. The Hall–Kier alpha value is -3.62. The molecule has 2 aliphatic rings. The summed E-state index contributed by atoms with van der Waals surface area (Å²) in [5, 5.41) is 8.49. The van der Waals surface area contributed by atoms with Crippen molar-refractivity contribution in [2.24, 2.45) is 0 Å². The molecule has 1 unspecified atom stereocenters. The summed E-state index contributed by atoms with van der Waals surface area (Å²) < 4.78 is 79.0. The highest BCUT2D eigenvalue weighted by atomic mass is 31.2. The van der Waals surface area contributed by atoms with Crippen LogP contribution in [-0.2, 0) is 27.2 Å². The molecule has 5 rings (SSSR count). The summed E-state index contributed by atoms with van der Waals surface area (Å²) in [5.41, 5.74) is -0.0174. The molecule has 0 bridgehead atoms. The minimum Gasteiger partial charge on any atom is -0.494 e. The number of methoxy groups -OCH3 is 1. The van der Waals surface area contributed by atoms with Gasteiger partial charge in [-0.3, -0.25) is 23.6 Å². The standard InChI is InChI=1S/C40H56FN3O12P2/c1-7-53-57(49,54-8-2)35(58(50,55-9-3)56-10-4)12-11-23-52-30-17-13-28(14-18-30)34(45)19-20-42-21-22-43(25-27(42)5)37-33(41)24-31-36(39(37)51-6)44(29-15-16-29)26-32(38(31)46)40(47)48/h13-14,17-18,24,26-27,29,35H,7-12,15-16,19-23,25H2,1-6H3,(H,47,48). The van der Waals surface area contributed by atoms with E-state index in [4.69, 9.17) is 27.6 Å². The molecule has 3 aromatic rings. The maximum atomic E-state index is 15.9. The molecule has 2 aromatic carbocycles. The van der Waals surface area contributed by atoms with Gasteiger partial charge in [0.2, 0.25) is 5.43 Å². The van der Waals surface area contributed by atoms with Crippen LogP contribution in [0.5, 0.6) is 11.5 Å². The lowest BCUT2D eigenvalue weighted by molar-refractivity contribution is 0.0694.